The molecule has 1 unspecified atom stereocenters. The Morgan fingerprint density at radius 3 is 2.33 bits per heavy atom. The van der Waals surface area contributed by atoms with Gasteiger partial charge in [0.15, 0.2) is 0 Å². The molecule has 2 heteroatoms. The summed E-state index contributed by atoms with van der Waals surface area (Å²) in [5.74, 6) is 0.750. The van der Waals surface area contributed by atoms with E-state index in [1.807, 2.05) is 12.1 Å². The van der Waals surface area contributed by atoms with Gasteiger partial charge in [-0.05, 0) is 35.3 Å². The molecular weight excluding hydrogens is 224 g/mol. The number of aliphatic hydroxyl groups is 1. The number of ether oxygens (including phenoxy) is 1. The SMILES string of the molecule is CC(C)(C)c1ccc(C(O)COCC2CC2)cc1. The van der Waals surface area contributed by atoms with Gasteiger partial charge in [0.05, 0.1) is 6.61 Å². The molecule has 0 bridgehead atoms. The van der Waals surface area contributed by atoms with E-state index in [-0.39, 0.29) is 5.41 Å². The van der Waals surface area contributed by atoms with Gasteiger partial charge >= 0.3 is 0 Å². The van der Waals surface area contributed by atoms with Crippen molar-refractivity contribution in [1.29, 1.82) is 0 Å². The van der Waals surface area contributed by atoms with Crippen molar-refractivity contribution in [1.82, 2.24) is 0 Å². The molecule has 1 aliphatic carbocycles. The fourth-order valence-corrected chi connectivity index (χ4v) is 1.93. The average molecular weight is 248 g/mol. The highest BCUT2D eigenvalue weighted by atomic mass is 16.5. The highest BCUT2D eigenvalue weighted by Gasteiger charge is 2.22. The maximum Gasteiger partial charge on any atom is 0.102 e. The summed E-state index contributed by atoms with van der Waals surface area (Å²) in [5.41, 5.74) is 2.39. The van der Waals surface area contributed by atoms with Crippen molar-refractivity contribution in [3.05, 3.63) is 35.4 Å². The molecule has 1 aromatic carbocycles. The molecule has 2 rings (SSSR count). The lowest BCUT2D eigenvalue weighted by atomic mass is 9.86. The molecule has 1 fully saturated rings. The molecule has 2 nitrogen and oxygen atoms in total. The molecule has 0 heterocycles. The van der Waals surface area contributed by atoms with Crippen molar-refractivity contribution in [2.75, 3.05) is 13.2 Å². The van der Waals surface area contributed by atoms with Crippen LogP contribution in [0.2, 0.25) is 0 Å². The number of rotatable bonds is 5. The van der Waals surface area contributed by atoms with Gasteiger partial charge in [-0.3, -0.25) is 0 Å². The minimum Gasteiger partial charge on any atom is -0.386 e. The van der Waals surface area contributed by atoms with Crippen LogP contribution in [0.25, 0.3) is 0 Å². The predicted molar refractivity (Wildman–Crippen MR) is 73.6 cm³/mol. The van der Waals surface area contributed by atoms with Gasteiger partial charge in [-0.2, -0.15) is 0 Å². The minimum atomic E-state index is -0.502. The van der Waals surface area contributed by atoms with Gasteiger partial charge in [0, 0.05) is 6.61 Å². The van der Waals surface area contributed by atoms with E-state index in [1.54, 1.807) is 0 Å². The van der Waals surface area contributed by atoms with Crippen LogP contribution >= 0.6 is 0 Å². The third kappa shape index (κ3) is 3.82. The molecule has 1 atom stereocenters. The third-order valence-corrected chi connectivity index (χ3v) is 3.49. The van der Waals surface area contributed by atoms with Gasteiger partial charge in [-0.25, -0.2) is 0 Å². The molecule has 0 amide bonds. The standard InChI is InChI=1S/C16H24O2/c1-16(2,3)14-8-6-13(7-9-14)15(17)11-18-10-12-4-5-12/h6-9,12,15,17H,4-5,10-11H2,1-3H3. The Morgan fingerprint density at radius 2 is 1.83 bits per heavy atom. The Kier molecular flexibility index (Phi) is 4.08. The molecular formula is C16H24O2. The second-order valence-corrected chi connectivity index (χ2v) is 6.37. The van der Waals surface area contributed by atoms with E-state index in [4.69, 9.17) is 4.74 Å². The summed E-state index contributed by atoms with van der Waals surface area (Å²) in [6.07, 6.45) is 2.07. The van der Waals surface area contributed by atoms with E-state index in [0.717, 1.165) is 18.1 Å². The highest BCUT2D eigenvalue weighted by Crippen LogP contribution is 2.29. The first-order valence-corrected chi connectivity index (χ1v) is 6.83. The molecule has 1 aliphatic rings. The maximum atomic E-state index is 10.0. The van der Waals surface area contributed by atoms with E-state index >= 15 is 0 Å². The molecule has 0 saturated heterocycles. The zero-order chi connectivity index (χ0) is 13.2. The van der Waals surface area contributed by atoms with E-state index in [9.17, 15) is 5.11 Å². The summed E-state index contributed by atoms with van der Waals surface area (Å²) in [6, 6.07) is 8.20. The Balaban J connectivity index is 1.87. The van der Waals surface area contributed by atoms with Crippen LogP contribution in [0.4, 0.5) is 0 Å². The monoisotopic (exact) mass is 248 g/mol. The summed E-state index contributed by atoms with van der Waals surface area (Å²) >= 11 is 0. The van der Waals surface area contributed by atoms with Crippen molar-refractivity contribution >= 4 is 0 Å². The number of aliphatic hydroxyl groups excluding tert-OH is 1. The molecule has 0 spiro atoms. The zero-order valence-corrected chi connectivity index (χ0v) is 11.6. The van der Waals surface area contributed by atoms with Crippen LogP contribution in [-0.2, 0) is 10.2 Å². The van der Waals surface area contributed by atoms with Gasteiger partial charge < -0.3 is 9.84 Å². The van der Waals surface area contributed by atoms with Gasteiger partial charge in [-0.15, -0.1) is 0 Å². The Hall–Kier alpha value is -0.860. The fourth-order valence-electron chi connectivity index (χ4n) is 1.93. The molecule has 18 heavy (non-hydrogen) atoms. The Morgan fingerprint density at radius 1 is 1.22 bits per heavy atom. The lowest BCUT2D eigenvalue weighted by molar-refractivity contribution is 0.0315. The molecule has 100 valence electrons. The van der Waals surface area contributed by atoms with Crippen LogP contribution in [0.3, 0.4) is 0 Å². The van der Waals surface area contributed by atoms with Crippen LogP contribution in [-0.4, -0.2) is 18.3 Å². The summed E-state index contributed by atoms with van der Waals surface area (Å²) in [7, 11) is 0. The fraction of sp³-hybridized carbons (Fsp3) is 0.625. The number of hydrogen-bond donors (Lipinski definition) is 1. The lowest BCUT2D eigenvalue weighted by Gasteiger charge is -2.20. The summed E-state index contributed by atoms with van der Waals surface area (Å²) in [4.78, 5) is 0. The van der Waals surface area contributed by atoms with Gasteiger partial charge in [0.1, 0.15) is 6.10 Å². The Labute approximate surface area is 110 Å². The minimum absolute atomic E-state index is 0.159. The van der Waals surface area contributed by atoms with E-state index in [1.165, 1.54) is 18.4 Å². The van der Waals surface area contributed by atoms with Gasteiger partial charge in [0.2, 0.25) is 0 Å². The first-order chi connectivity index (χ1) is 8.47. The van der Waals surface area contributed by atoms with Crippen LogP contribution in [0.1, 0.15) is 50.8 Å². The molecule has 1 aromatic rings. The first kappa shape index (κ1) is 13.6. The van der Waals surface area contributed by atoms with Crippen molar-refractivity contribution in [3.8, 4) is 0 Å². The van der Waals surface area contributed by atoms with Crippen molar-refractivity contribution in [2.24, 2.45) is 5.92 Å². The van der Waals surface area contributed by atoms with Crippen LogP contribution in [0, 0.1) is 5.92 Å². The summed E-state index contributed by atoms with van der Waals surface area (Å²) < 4.78 is 5.52. The van der Waals surface area contributed by atoms with Gasteiger partial charge in [-0.1, -0.05) is 45.0 Å². The molecule has 0 radical (unpaired) electrons. The zero-order valence-electron chi connectivity index (χ0n) is 11.6. The van der Waals surface area contributed by atoms with Crippen molar-refractivity contribution in [2.45, 2.75) is 45.1 Å². The second-order valence-electron chi connectivity index (χ2n) is 6.37. The van der Waals surface area contributed by atoms with Crippen molar-refractivity contribution in [3.63, 3.8) is 0 Å². The molecule has 0 aromatic heterocycles. The normalized spacial score (nSPS) is 17.8. The summed E-state index contributed by atoms with van der Waals surface area (Å²) in [5, 5.41) is 10.0. The second kappa shape index (κ2) is 5.41. The smallest absolute Gasteiger partial charge is 0.102 e. The highest BCUT2D eigenvalue weighted by molar-refractivity contribution is 5.28. The maximum absolute atomic E-state index is 10.0. The van der Waals surface area contributed by atoms with Crippen LogP contribution in [0.5, 0.6) is 0 Å². The third-order valence-electron chi connectivity index (χ3n) is 3.49. The molecule has 1 N–H and O–H groups in total. The quantitative estimate of drug-likeness (QED) is 0.865. The van der Waals surface area contributed by atoms with E-state index in [0.29, 0.717) is 6.61 Å². The van der Waals surface area contributed by atoms with Crippen LogP contribution in [0.15, 0.2) is 24.3 Å². The average Bonchev–Trinajstić information content (AvgIpc) is 3.12. The predicted octanol–water partition coefficient (Wildman–Crippen LogP) is 3.44. The molecule has 0 aliphatic heterocycles. The molecule has 1 saturated carbocycles. The van der Waals surface area contributed by atoms with E-state index < -0.39 is 6.10 Å². The number of benzene rings is 1. The van der Waals surface area contributed by atoms with Crippen LogP contribution < -0.4 is 0 Å². The lowest BCUT2D eigenvalue weighted by Crippen LogP contribution is -2.12. The van der Waals surface area contributed by atoms with Crippen molar-refractivity contribution < 1.29 is 9.84 Å². The topological polar surface area (TPSA) is 29.5 Å². The largest absolute Gasteiger partial charge is 0.386 e. The first-order valence-electron chi connectivity index (χ1n) is 6.83. The number of hydrogen-bond acceptors (Lipinski definition) is 2. The summed E-state index contributed by atoms with van der Waals surface area (Å²) in [6.45, 7) is 7.79. The van der Waals surface area contributed by atoms with E-state index in [2.05, 4.69) is 32.9 Å². The van der Waals surface area contributed by atoms with Gasteiger partial charge in [0.25, 0.3) is 0 Å². The Bertz CT molecular complexity index is 371.